The number of carboxylic acid groups (broad SMARTS) is 1. The summed E-state index contributed by atoms with van der Waals surface area (Å²) in [7, 11) is 0. The number of hydrogen-bond donors (Lipinski definition) is 2. The van der Waals surface area contributed by atoms with E-state index in [1.165, 1.54) is 5.57 Å². The predicted octanol–water partition coefficient (Wildman–Crippen LogP) is 1.49. The second kappa shape index (κ2) is 6.83. The molecule has 0 aliphatic carbocycles. The molecule has 0 bridgehead atoms. The van der Waals surface area contributed by atoms with Gasteiger partial charge in [0.05, 0.1) is 0 Å². The molecule has 0 saturated carbocycles. The zero-order valence-electron chi connectivity index (χ0n) is 9.98. The zero-order valence-corrected chi connectivity index (χ0v) is 9.98. The molecule has 94 valence electrons. The fourth-order valence-electron chi connectivity index (χ4n) is 1.71. The summed E-state index contributed by atoms with van der Waals surface area (Å²) < 4.78 is 0. The quantitative estimate of drug-likeness (QED) is 0.705. The first-order valence-corrected chi connectivity index (χ1v) is 5.78. The third-order valence-electron chi connectivity index (χ3n) is 2.49. The minimum absolute atomic E-state index is 0.0425. The van der Waals surface area contributed by atoms with Crippen LogP contribution in [0.3, 0.4) is 0 Å². The molecule has 0 aromatic rings. The van der Waals surface area contributed by atoms with Crippen molar-refractivity contribution in [2.75, 3.05) is 0 Å². The van der Waals surface area contributed by atoms with Crippen LogP contribution >= 0.6 is 0 Å². The number of nitrogens with zero attached hydrogens (tertiary/aromatic N) is 1. The predicted molar refractivity (Wildman–Crippen MR) is 64.9 cm³/mol. The van der Waals surface area contributed by atoms with Crippen LogP contribution in [0.2, 0.25) is 0 Å². The van der Waals surface area contributed by atoms with Crippen LogP contribution in [0.1, 0.15) is 39.0 Å². The SMILES string of the molecule is CC(CC1=CN=CC1)NC(=O)CCCC(=O)O. The summed E-state index contributed by atoms with van der Waals surface area (Å²) >= 11 is 0. The first-order chi connectivity index (χ1) is 8.08. The number of aliphatic carboxylic acids is 1. The number of aliphatic imine (C=N–C) groups is 1. The van der Waals surface area contributed by atoms with E-state index in [2.05, 4.69) is 10.3 Å². The van der Waals surface area contributed by atoms with Gasteiger partial charge in [-0.05, 0) is 25.3 Å². The zero-order chi connectivity index (χ0) is 12.7. The Bertz CT molecular complexity index is 348. The van der Waals surface area contributed by atoms with Crippen molar-refractivity contribution >= 4 is 18.1 Å². The van der Waals surface area contributed by atoms with E-state index in [1.54, 1.807) is 0 Å². The standard InChI is InChI=1S/C12H18N2O3/c1-9(7-10-5-6-13-8-10)14-11(15)3-2-4-12(16)17/h6,8-9H,2-5,7H2,1H3,(H,14,15)(H,16,17). The monoisotopic (exact) mass is 238 g/mol. The summed E-state index contributed by atoms with van der Waals surface area (Å²) in [4.78, 5) is 25.7. The third kappa shape index (κ3) is 5.85. The Labute approximate surface area is 101 Å². The average molecular weight is 238 g/mol. The van der Waals surface area contributed by atoms with Crippen molar-refractivity contribution in [1.29, 1.82) is 0 Å². The summed E-state index contributed by atoms with van der Waals surface area (Å²) in [6, 6.07) is 0.0697. The summed E-state index contributed by atoms with van der Waals surface area (Å²) in [5, 5.41) is 11.3. The molecule has 1 atom stereocenters. The van der Waals surface area contributed by atoms with Crippen LogP contribution < -0.4 is 5.32 Å². The molecule has 0 spiro atoms. The van der Waals surface area contributed by atoms with Crippen LogP contribution in [-0.2, 0) is 9.59 Å². The average Bonchev–Trinajstić information content (AvgIpc) is 2.69. The highest BCUT2D eigenvalue weighted by Gasteiger charge is 2.11. The highest BCUT2D eigenvalue weighted by atomic mass is 16.4. The normalized spacial score (nSPS) is 15.5. The summed E-state index contributed by atoms with van der Waals surface area (Å²) in [6.07, 6.45) is 6.03. The van der Waals surface area contributed by atoms with Gasteiger partial charge < -0.3 is 10.4 Å². The van der Waals surface area contributed by atoms with Crippen LogP contribution in [0.4, 0.5) is 0 Å². The lowest BCUT2D eigenvalue weighted by Crippen LogP contribution is -2.32. The fraction of sp³-hybridized carbons (Fsp3) is 0.583. The van der Waals surface area contributed by atoms with Crippen molar-refractivity contribution in [1.82, 2.24) is 5.32 Å². The molecule has 1 unspecified atom stereocenters. The van der Waals surface area contributed by atoms with Crippen LogP contribution in [0, 0.1) is 0 Å². The topological polar surface area (TPSA) is 78.8 Å². The maximum absolute atomic E-state index is 11.5. The van der Waals surface area contributed by atoms with E-state index >= 15 is 0 Å². The van der Waals surface area contributed by atoms with Gasteiger partial charge in [-0.3, -0.25) is 14.6 Å². The number of carbonyl (C=O) groups is 2. The molecule has 5 nitrogen and oxygen atoms in total. The van der Waals surface area contributed by atoms with Gasteiger partial charge in [0.2, 0.25) is 5.91 Å². The smallest absolute Gasteiger partial charge is 0.303 e. The Morgan fingerprint density at radius 2 is 2.29 bits per heavy atom. The van der Waals surface area contributed by atoms with Gasteiger partial charge in [0.1, 0.15) is 0 Å². The highest BCUT2D eigenvalue weighted by Crippen LogP contribution is 2.13. The maximum Gasteiger partial charge on any atom is 0.303 e. The first-order valence-electron chi connectivity index (χ1n) is 5.78. The Morgan fingerprint density at radius 1 is 1.53 bits per heavy atom. The lowest BCUT2D eigenvalue weighted by molar-refractivity contribution is -0.137. The number of nitrogens with one attached hydrogen (secondary N) is 1. The minimum Gasteiger partial charge on any atom is -0.481 e. The summed E-state index contributed by atoms with van der Waals surface area (Å²) in [6.45, 7) is 1.94. The van der Waals surface area contributed by atoms with Crippen molar-refractivity contribution < 1.29 is 14.7 Å². The second-order valence-electron chi connectivity index (χ2n) is 4.24. The molecule has 1 aliphatic heterocycles. The van der Waals surface area contributed by atoms with E-state index in [4.69, 9.17) is 5.11 Å². The van der Waals surface area contributed by atoms with Gasteiger partial charge in [0.15, 0.2) is 0 Å². The minimum atomic E-state index is -0.862. The van der Waals surface area contributed by atoms with Gasteiger partial charge in [-0.15, -0.1) is 0 Å². The molecule has 0 saturated heterocycles. The fourth-order valence-corrected chi connectivity index (χ4v) is 1.71. The van der Waals surface area contributed by atoms with Crippen molar-refractivity contribution in [3.05, 3.63) is 11.8 Å². The molecule has 0 fully saturated rings. The molecule has 2 N–H and O–H groups in total. The highest BCUT2D eigenvalue weighted by molar-refractivity contribution is 5.77. The second-order valence-corrected chi connectivity index (χ2v) is 4.24. The number of carboxylic acids is 1. The van der Waals surface area contributed by atoms with E-state index < -0.39 is 5.97 Å². The summed E-state index contributed by atoms with van der Waals surface area (Å²) in [5.41, 5.74) is 1.21. The lowest BCUT2D eigenvalue weighted by Gasteiger charge is -2.13. The van der Waals surface area contributed by atoms with Gasteiger partial charge in [-0.2, -0.15) is 0 Å². The number of hydrogen-bond acceptors (Lipinski definition) is 3. The molecule has 1 heterocycles. The first kappa shape index (κ1) is 13.4. The number of rotatable bonds is 7. The van der Waals surface area contributed by atoms with E-state index in [1.807, 2.05) is 19.3 Å². The Morgan fingerprint density at radius 3 is 2.88 bits per heavy atom. The van der Waals surface area contributed by atoms with Crippen LogP contribution in [-0.4, -0.2) is 29.2 Å². The van der Waals surface area contributed by atoms with Gasteiger partial charge in [-0.25, -0.2) is 0 Å². The van der Waals surface area contributed by atoms with E-state index in [0.717, 1.165) is 12.8 Å². The molecular formula is C12H18N2O3. The van der Waals surface area contributed by atoms with Crippen molar-refractivity contribution in [2.24, 2.45) is 4.99 Å². The molecule has 1 amide bonds. The van der Waals surface area contributed by atoms with Gasteiger partial charge in [0, 0.05) is 37.7 Å². The molecule has 1 rings (SSSR count). The molecular weight excluding hydrogens is 220 g/mol. The maximum atomic E-state index is 11.5. The Hall–Kier alpha value is -1.65. The van der Waals surface area contributed by atoms with Crippen LogP contribution in [0.25, 0.3) is 0 Å². The van der Waals surface area contributed by atoms with Crippen molar-refractivity contribution in [3.8, 4) is 0 Å². The van der Waals surface area contributed by atoms with Crippen molar-refractivity contribution in [2.45, 2.75) is 45.1 Å². The molecule has 0 radical (unpaired) electrons. The largest absolute Gasteiger partial charge is 0.481 e. The van der Waals surface area contributed by atoms with Crippen molar-refractivity contribution in [3.63, 3.8) is 0 Å². The van der Waals surface area contributed by atoms with Crippen LogP contribution in [0.5, 0.6) is 0 Å². The van der Waals surface area contributed by atoms with Gasteiger partial charge in [-0.1, -0.05) is 0 Å². The third-order valence-corrected chi connectivity index (χ3v) is 2.49. The Kier molecular flexibility index (Phi) is 5.39. The Balaban J connectivity index is 2.14. The van der Waals surface area contributed by atoms with E-state index in [-0.39, 0.29) is 24.8 Å². The van der Waals surface area contributed by atoms with Gasteiger partial charge >= 0.3 is 5.97 Å². The molecule has 5 heteroatoms. The molecule has 17 heavy (non-hydrogen) atoms. The molecule has 0 aromatic carbocycles. The van der Waals surface area contributed by atoms with Crippen LogP contribution in [0.15, 0.2) is 16.8 Å². The molecule has 0 aromatic heterocycles. The van der Waals surface area contributed by atoms with E-state index in [9.17, 15) is 9.59 Å². The van der Waals surface area contributed by atoms with Gasteiger partial charge in [0.25, 0.3) is 0 Å². The lowest BCUT2D eigenvalue weighted by atomic mass is 10.1. The number of carbonyl (C=O) groups excluding carboxylic acids is 1. The summed E-state index contributed by atoms with van der Waals surface area (Å²) in [5.74, 6) is -0.947. The molecule has 1 aliphatic rings. The van der Waals surface area contributed by atoms with E-state index in [0.29, 0.717) is 6.42 Å². The number of amides is 1.